The number of aromatic nitrogens is 4. The number of nitrogens with zero attached hydrogens (tertiary/aromatic N) is 4. The number of hydrogen-bond donors (Lipinski definition) is 6. The number of carbonyl (C=O) groups is 3. The maximum atomic E-state index is 13.4. The topological polar surface area (TPSA) is 188 Å². The highest BCUT2D eigenvalue weighted by atomic mass is 79.9. The number of ether oxygens (including phenoxy) is 4. The molecule has 0 radical (unpaired) electrons. The van der Waals surface area contributed by atoms with Crippen LogP contribution in [-0.4, -0.2) is 129 Å². The van der Waals surface area contributed by atoms with E-state index in [1.54, 1.807) is 32.1 Å². The maximum Gasteiger partial charge on any atom is 0.410 e. The summed E-state index contributed by atoms with van der Waals surface area (Å²) >= 11 is 40.8. The summed E-state index contributed by atoms with van der Waals surface area (Å²) in [7, 11) is 3.35. The zero-order valence-corrected chi connectivity index (χ0v) is 68.6. The van der Waals surface area contributed by atoms with E-state index in [0.717, 1.165) is 143 Å². The van der Waals surface area contributed by atoms with E-state index in [1.165, 1.54) is 101 Å². The van der Waals surface area contributed by atoms with Crippen molar-refractivity contribution in [2.45, 2.75) is 141 Å². The second-order valence-electron chi connectivity index (χ2n) is 28.9. The highest BCUT2D eigenvalue weighted by Gasteiger charge is 2.42. The van der Waals surface area contributed by atoms with E-state index in [-0.39, 0.29) is 48.4 Å². The lowest BCUT2D eigenvalue weighted by Gasteiger charge is -2.41. The van der Waals surface area contributed by atoms with Crippen molar-refractivity contribution < 1.29 is 33.3 Å². The van der Waals surface area contributed by atoms with Gasteiger partial charge in [-0.15, -0.1) is 0 Å². The number of thiocarbonyl (C=S) groups is 1. The Morgan fingerprint density at radius 3 is 1.42 bits per heavy atom. The molecule has 24 heteroatoms. The smallest absolute Gasteiger partial charge is 0.410 e. The number of carbonyl (C=O) groups excluding carboxylic acids is 3. The fourth-order valence-electron chi connectivity index (χ4n) is 17.3. The van der Waals surface area contributed by atoms with Crippen LogP contribution in [0.5, 0.6) is 11.5 Å². The average Bonchev–Trinajstić information content (AvgIpc) is 1.59. The van der Waals surface area contributed by atoms with Crippen molar-refractivity contribution in [1.29, 1.82) is 0 Å². The Labute approximate surface area is 680 Å². The van der Waals surface area contributed by atoms with Crippen molar-refractivity contribution in [2.75, 3.05) is 60.2 Å². The van der Waals surface area contributed by atoms with Gasteiger partial charge in [0.2, 0.25) is 0 Å². The normalized spacial score (nSPS) is 18.3. The minimum atomic E-state index is -0.384. The number of benzene rings is 7. The van der Waals surface area contributed by atoms with Gasteiger partial charge in [-0.3, -0.25) is 9.80 Å². The van der Waals surface area contributed by atoms with E-state index in [9.17, 15) is 14.4 Å². The van der Waals surface area contributed by atoms with Crippen LogP contribution >= 0.6 is 86.2 Å². The fraction of sp³-hybridized carbons (Fsp3) is 0.372. The van der Waals surface area contributed by atoms with Crippen LogP contribution in [0.1, 0.15) is 171 Å². The van der Waals surface area contributed by atoms with E-state index in [0.29, 0.717) is 48.8 Å². The van der Waals surface area contributed by atoms with Crippen LogP contribution in [0.3, 0.4) is 0 Å². The highest BCUT2D eigenvalue weighted by molar-refractivity contribution is 9.10. The molecule has 7 aromatic carbocycles. The molecule has 2 saturated carbocycles. The molecule has 8 heterocycles. The average molecular weight is 1670 g/mol. The van der Waals surface area contributed by atoms with Gasteiger partial charge in [0, 0.05) is 130 Å². The van der Waals surface area contributed by atoms with E-state index in [1.807, 2.05) is 114 Å². The van der Waals surface area contributed by atoms with Crippen molar-refractivity contribution in [3.05, 3.63) is 231 Å². The van der Waals surface area contributed by atoms with Gasteiger partial charge in [-0.05, 0) is 227 Å². The Kier molecular flexibility index (Phi) is 25.1. The molecule has 4 amide bonds. The lowest BCUT2D eigenvalue weighted by atomic mass is 9.79. The first-order chi connectivity index (χ1) is 53.4. The van der Waals surface area contributed by atoms with Gasteiger partial charge < -0.3 is 59.3 Å². The molecular weight excluding hydrogens is 1570 g/mol. The second-order valence-corrected chi connectivity index (χ2v) is 32.3. The Balaban J connectivity index is 0.000000123. The van der Waals surface area contributed by atoms with Gasteiger partial charge >= 0.3 is 18.2 Å². The number of aromatic amines is 4. The van der Waals surface area contributed by atoms with E-state index < -0.39 is 0 Å². The number of fused-ring (bicyclic) bond motifs is 12. The summed E-state index contributed by atoms with van der Waals surface area (Å²) in [5, 5.41) is 15.3. The number of rotatable bonds is 10. The van der Waals surface area contributed by atoms with Gasteiger partial charge in [0.05, 0.1) is 55.6 Å². The number of hydrogen-bond acceptors (Lipinski definition) is 8. The second kappa shape index (κ2) is 35.2. The number of urea groups is 1. The molecule has 17 rings (SSSR count). The van der Waals surface area contributed by atoms with Crippen molar-refractivity contribution in [3.63, 3.8) is 0 Å². The van der Waals surface area contributed by atoms with Crippen LogP contribution in [-0.2, 0) is 35.2 Å². The monoisotopic (exact) mass is 1660 g/mol. The fourth-order valence-corrected chi connectivity index (χ4v) is 19.0. The maximum absolute atomic E-state index is 13.4. The molecule has 2 fully saturated rings. The SMILES string of the molecule is CCNC(=S)N1CCc2c([nH]c3ccc(Cl)cc23)C1c1ccc(OC)cc1.CCOC(=O)N1CCc2c([nH]c3ccc(Br)cc23)C1c1cccc(Cl)c1Cl.CCOC(=O)N1CCc2c([nH]c3ccc(Cl)cc23)C1C1CCCCC1.COc1ccc(C2c3[nH]c4ccc(Cl)cc4c3CCN2C(=O)NC2CCCCC2)cc1. The predicted octanol–water partition coefficient (Wildman–Crippen LogP) is 22.3. The van der Waals surface area contributed by atoms with E-state index in [2.05, 4.69) is 94.7 Å². The third-order valence-corrected chi connectivity index (χ3v) is 24.8. The first kappa shape index (κ1) is 78.4. The molecule has 4 aliphatic heterocycles. The molecule has 576 valence electrons. The minimum Gasteiger partial charge on any atom is -0.497 e. The van der Waals surface area contributed by atoms with Crippen molar-refractivity contribution in [3.8, 4) is 11.5 Å². The third kappa shape index (κ3) is 16.5. The number of nitrogens with one attached hydrogen (secondary N) is 6. The van der Waals surface area contributed by atoms with Crippen LogP contribution in [0.2, 0.25) is 25.1 Å². The first-order valence-corrected chi connectivity index (χ1v) is 41.4. The van der Waals surface area contributed by atoms with Crippen LogP contribution < -0.4 is 20.1 Å². The number of amides is 4. The first-order valence-electron chi connectivity index (χ1n) is 38.4. The quantitative estimate of drug-likeness (QED) is 0.0719. The number of halogens is 6. The molecule has 110 heavy (non-hydrogen) atoms. The Bertz CT molecular complexity index is 5150. The molecule has 11 aromatic rings. The zero-order chi connectivity index (χ0) is 76.9. The molecular formula is C86H92BrCl5N10O7S. The van der Waals surface area contributed by atoms with Crippen LogP contribution in [0.4, 0.5) is 14.4 Å². The molecule has 17 nitrogen and oxygen atoms in total. The summed E-state index contributed by atoms with van der Waals surface area (Å²) in [6.45, 7) is 10.1. The minimum absolute atomic E-state index is 0.0232. The summed E-state index contributed by atoms with van der Waals surface area (Å²) in [6.07, 6.45) is 14.7. The Hall–Kier alpha value is -8.27. The molecule has 4 unspecified atom stereocenters. The van der Waals surface area contributed by atoms with Gasteiger partial charge in [0.15, 0.2) is 5.11 Å². The van der Waals surface area contributed by atoms with Crippen LogP contribution in [0, 0.1) is 5.92 Å². The molecule has 2 aliphatic carbocycles. The van der Waals surface area contributed by atoms with Crippen molar-refractivity contribution in [1.82, 2.24) is 50.2 Å². The standard InChI is InChI=1S/C25H28ClN3O2.C21H22ClN3OS.C20H17BrCl2N2O2.C20H25ClN2O2/c1-31-19-10-7-16(8-11-19)24-23-20(21-15-17(26)9-12-22(21)28-23)13-14-29(24)25(30)27-18-5-3-2-4-6-18;1-3-23-21(27)25-11-10-16-17-12-14(22)6-9-18(17)24-19(16)20(25)13-4-7-15(26-2)8-5-13;1-2-27-20(26)25-9-8-12-14-10-11(21)6-7-16(14)24-18(12)19(25)13-4-3-5-15(22)17(13)23;1-2-25-20(24)23-11-10-15-16-12-14(21)8-9-17(16)22-18(15)19(23)13-6-4-3-5-7-13/h7-12,15,18,24,28H,2-6,13-14H2,1H3,(H,27,30);4-9,12,20,24H,3,10-11H2,1-2H3,(H,23,27);3-7,10,19,24H,2,8-9H2,1H3;8-9,12-13,19,22H,2-7,10-11H2,1H3. The van der Waals surface area contributed by atoms with Crippen molar-refractivity contribution >= 4 is 153 Å². The van der Waals surface area contributed by atoms with Crippen molar-refractivity contribution in [2.24, 2.45) is 5.92 Å². The van der Waals surface area contributed by atoms with E-state index in [4.69, 9.17) is 89.2 Å². The molecule has 6 aliphatic rings. The molecule has 4 atom stereocenters. The summed E-state index contributed by atoms with van der Waals surface area (Å²) < 4.78 is 22.4. The Morgan fingerprint density at radius 2 is 0.918 bits per heavy atom. The van der Waals surface area contributed by atoms with Gasteiger partial charge in [0.25, 0.3) is 0 Å². The van der Waals surface area contributed by atoms with Crippen LogP contribution in [0.15, 0.2) is 144 Å². The van der Waals surface area contributed by atoms with Crippen LogP contribution in [0.25, 0.3) is 43.6 Å². The summed E-state index contributed by atoms with van der Waals surface area (Å²) in [4.78, 5) is 60.9. The van der Waals surface area contributed by atoms with Gasteiger partial charge in [-0.25, -0.2) is 14.4 Å². The number of H-pyrrole nitrogens is 4. The summed E-state index contributed by atoms with van der Waals surface area (Å²) in [6, 6.07) is 45.7. The molecule has 6 N–H and O–H groups in total. The molecule has 0 saturated heterocycles. The zero-order valence-electron chi connectivity index (χ0n) is 62.4. The molecule has 0 spiro atoms. The predicted molar refractivity (Wildman–Crippen MR) is 451 cm³/mol. The number of methoxy groups -OCH3 is 2. The summed E-state index contributed by atoms with van der Waals surface area (Å²) in [5.74, 6) is 2.15. The van der Waals surface area contributed by atoms with E-state index >= 15 is 0 Å². The summed E-state index contributed by atoms with van der Waals surface area (Å²) in [5.41, 5.74) is 16.8. The highest BCUT2D eigenvalue weighted by Crippen LogP contribution is 2.48. The molecule has 0 bridgehead atoms. The van der Waals surface area contributed by atoms with Gasteiger partial charge in [-0.1, -0.05) is 149 Å². The molecule has 4 aromatic heterocycles. The third-order valence-electron chi connectivity index (χ3n) is 22.4. The Morgan fingerprint density at radius 1 is 0.491 bits per heavy atom. The lowest BCUT2D eigenvalue weighted by molar-refractivity contribution is 0.0619. The van der Waals surface area contributed by atoms with Gasteiger partial charge in [0.1, 0.15) is 17.5 Å². The lowest BCUT2D eigenvalue weighted by Crippen LogP contribution is -2.49. The largest absolute Gasteiger partial charge is 0.497 e. The van der Waals surface area contributed by atoms with Gasteiger partial charge in [-0.2, -0.15) is 0 Å².